The third-order valence-corrected chi connectivity index (χ3v) is 3.11. The van der Waals surface area contributed by atoms with Crippen molar-refractivity contribution in [3.05, 3.63) is 11.6 Å². The number of rotatable bonds is 2. The molecule has 0 fully saturated rings. The third kappa shape index (κ3) is 2.10. The van der Waals surface area contributed by atoms with E-state index in [9.17, 15) is 15.3 Å². The van der Waals surface area contributed by atoms with Crippen molar-refractivity contribution in [1.29, 1.82) is 0 Å². The molecule has 0 spiro atoms. The van der Waals surface area contributed by atoms with Gasteiger partial charge in [0.1, 0.15) is 5.75 Å². The normalized spacial score (nSPS) is 10.0. The van der Waals surface area contributed by atoms with Crippen LogP contribution in [-0.2, 0) is 0 Å². The number of phenolic OH excluding ortho intramolecular Hbond substituents is 3. The molecule has 1 aromatic rings. The van der Waals surface area contributed by atoms with Crippen LogP contribution in [0.4, 0.5) is 0 Å². The molecule has 0 amide bonds. The summed E-state index contributed by atoms with van der Waals surface area (Å²) in [4.78, 5) is 0. The lowest BCUT2D eigenvalue weighted by Gasteiger charge is -2.11. The largest absolute Gasteiger partial charge is 0.507 e. The Bertz CT molecular complexity index is 404. The van der Waals surface area contributed by atoms with Gasteiger partial charge in [-0.25, -0.2) is 0 Å². The summed E-state index contributed by atoms with van der Waals surface area (Å²) in [5, 5.41) is 28.7. The molecule has 4 nitrogen and oxygen atoms in total. The maximum absolute atomic E-state index is 9.60. The Morgan fingerprint density at radius 3 is 2.40 bits per heavy atom. The van der Waals surface area contributed by atoms with E-state index in [2.05, 4.69) is 0 Å². The number of benzene rings is 1. The summed E-state index contributed by atoms with van der Waals surface area (Å²) in [7, 11) is 1.32. The summed E-state index contributed by atoms with van der Waals surface area (Å²) in [6.07, 6.45) is 1.71. The van der Waals surface area contributed by atoms with Gasteiger partial charge in [-0.15, -0.1) is 11.8 Å². The molecule has 0 aliphatic heterocycles. The second-order valence-electron chi connectivity index (χ2n) is 2.66. The minimum atomic E-state index is -0.466. The second kappa shape index (κ2) is 4.59. The standard InChI is InChI=1S/C9H10O4S2/c1-13-5-3-4(10)6(9(14)15-2)8(12)7(5)11/h3,10-12H,1-2H3. The molecule has 0 atom stereocenters. The molecule has 82 valence electrons. The van der Waals surface area contributed by atoms with Crippen molar-refractivity contribution in [2.24, 2.45) is 0 Å². The fourth-order valence-electron chi connectivity index (χ4n) is 1.08. The Hall–Kier alpha value is -1.14. The highest BCUT2D eigenvalue weighted by Crippen LogP contribution is 2.44. The molecule has 0 aromatic heterocycles. The van der Waals surface area contributed by atoms with Crippen LogP contribution in [0.3, 0.4) is 0 Å². The van der Waals surface area contributed by atoms with Crippen LogP contribution in [0.2, 0.25) is 0 Å². The van der Waals surface area contributed by atoms with Gasteiger partial charge >= 0.3 is 0 Å². The molecule has 0 heterocycles. The van der Waals surface area contributed by atoms with E-state index in [1.165, 1.54) is 24.9 Å². The van der Waals surface area contributed by atoms with Crippen LogP contribution in [0.25, 0.3) is 0 Å². The van der Waals surface area contributed by atoms with Crippen molar-refractivity contribution < 1.29 is 20.1 Å². The molecule has 1 rings (SSSR count). The Kier molecular flexibility index (Phi) is 3.65. The van der Waals surface area contributed by atoms with Gasteiger partial charge in [0.15, 0.2) is 11.5 Å². The van der Waals surface area contributed by atoms with Crippen LogP contribution in [0.5, 0.6) is 23.0 Å². The van der Waals surface area contributed by atoms with Gasteiger partial charge in [-0.1, -0.05) is 12.2 Å². The highest BCUT2D eigenvalue weighted by molar-refractivity contribution is 8.23. The molecular weight excluding hydrogens is 236 g/mol. The Morgan fingerprint density at radius 1 is 1.33 bits per heavy atom. The molecule has 15 heavy (non-hydrogen) atoms. The molecule has 0 aliphatic rings. The average molecular weight is 246 g/mol. The Balaban J connectivity index is 3.42. The maximum Gasteiger partial charge on any atom is 0.201 e. The molecule has 0 radical (unpaired) electrons. The zero-order valence-electron chi connectivity index (χ0n) is 8.14. The zero-order chi connectivity index (χ0) is 11.6. The predicted octanol–water partition coefficient (Wildman–Crippen LogP) is 1.85. The molecule has 0 saturated heterocycles. The van der Waals surface area contributed by atoms with E-state index in [0.717, 1.165) is 0 Å². The van der Waals surface area contributed by atoms with E-state index in [1.54, 1.807) is 6.26 Å². The lowest BCUT2D eigenvalue weighted by molar-refractivity contribution is 0.345. The van der Waals surface area contributed by atoms with Gasteiger partial charge < -0.3 is 20.1 Å². The fraction of sp³-hybridized carbons (Fsp3) is 0.222. The molecule has 1 aromatic carbocycles. The van der Waals surface area contributed by atoms with Crippen LogP contribution in [-0.4, -0.2) is 32.9 Å². The first kappa shape index (κ1) is 11.9. The van der Waals surface area contributed by atoms with Crippen LogP contribution in [0.1, 0.15) is 5.56 Å². The Morgan fingerprint density at radius 2 is 1.93 bits per heavy atom. The third-order valence-electron chi connectivity index (χ3n) is 1.83. The summed E-state index contributed by atoms with van der Waals surface area (Å²) in [6, 6.07) is 1.20. The zero-order valence-corrected chi connectivity index (χ0v) is 9.78. The summed E-state index contributed by atoms with van der Waals surface area (Å²) in [5.41, 5.74) is 0.0517. The summed E-state index contributed by atoms with van der Waals surface area (Å²) >= 11 is 6.11. The van der Waals surface area contributed by atoms with Crippen molar-refractivity contribution in [3.8, 4) is 23.0 Å². The first-order valence-electron chi connectivity index (χ1n) is 3.93. The average Bonchev–Trinajstić information content (AvgIpc) is 2.23. The second-order valence-corrected chi connectivity index (χ2v) is 4.14. The minimum absolute atomic E-state index is 0.00217. The van der Waals surface area contributed by atoms with E-state index in [0.29, 0.717) is 4.20 Å². The van der Waals surface area contributed by atoms with Gasteiger partial charge in [0.2, 0.25) is 5.75 Å². The Labute approximate surface area is 96.5 Å². The van der Waals surface area contributed by atoms with E-state index in [-0.39, 0.29) is 17.1 Å². The summed E-state index contributed by atoms with van der Waals surface area (Å²) in [5.74, 6) is -1.12. The number of aromatic hydroxyl groups is 3. The van der Waals surface area contributed by atoms with E-state index >= 15 is 0 Å². The molecule has 0 unspecified atom stereocenters. The summed E-state index contributed by atoms with van der Waals surface area (Å²) < 4.78 is 5.05. The van der Waals surface area contributed by atoms with E-state index in [4.69, 9.17) is 17.0 Å². The van der Waals surface area contributed by atoms with Crippen molar-refractivity contribution in [3.63, 3.8) is 0 Å². The van der Waals surface area contributed by atoms with Crippen LogP contribution >= 0.6 is 24.0 Å². The number of thioether (sulfide) groups is 1. The molecule has 6 heteroatoms. The first-order chi connectivity index (χ1) is 7.02. The number of hydrogen-bond donors (Lipinski definition) is 3. The minimum Gasteiger partial charge on any atom is -0.507 e. The van der Waals surface area contributed by atoms with Gasteiger partial charge in [-0.05, 0) is 6.26 Å². The lowest BCUT2D eigenvalue weighted by Crippen LogP contribution is -1.94. The van der Waals surface area contributed by atoms with E-state index < -0.39 is 11.5 Å². The molecule has 3 N–H and O–H groups in total. The quantitative estimate of drug-likeness (QED) is 0.420. The molecule has 0 saturated carbocycles. The SMILES string of the molecule is COc1cc(O)c(C(=S)SC)c(O)c1O. The fourth-order valence-corrected chi connectivity index (χ4v) is 1.69. The van der Waals surface area contributed by atoms with Crippen molar-refractivity contribution in [1.82, 2.24) is 0 Å². The highest BCUT2D eigenvalue weighted by atomic mass is 32.2. The van der Waals surface area contributed by atoms with Crippen LogP contribution in [0, 0.1) is 0 Å². The predicted molar refractivity (Wildman–Crippen MR) is 63.2 cm³/mol. The van der Waals surface area contributed by atoms with Gasteiger partial charge in [0, 0.05) is 6.07 Å². The number of thiocarbonyl (C=S) groups is 1. The highest BCUT2D eigenvalue weighted by Gasteiger charge is 2.20. The molecular formula is C9H10O4S2. The topological polar surface area (TPSA) is 69.9 Å². The number of phenols is 3. The number of hydrogen-bond acceptors (Lipinski definition) is 6. The lowest BCUT2D eigenvalue weighted by atomic mass is 10.1. The molecule has 0 aliphatic carbocycles. The van der Waals surface area contributed by atoms with Crippen LogP contribution in [0.15, 0.2) is 6.07 Å². The van der Waals surface area contributed by atoms with E-state index in [1.807, 2.05) is 0 Å². The van der Waals surface area contributed by atoms with Crippen molar-refractivity contribution in [2.45, 2.75) is 0 Å². The molecule has 0 bridgehead atoms. The van der Waals surface area contributed by atoms with Crippen molar-refractivity contribution >= 4 is 28.2 Å². The van der Waals surface area contributed by atoms with Gasteiger partial charge in [0.25, 0.3) is 0 Å². The smallest absolute Gasteiger partial charge is 0.201 e. The van der Waals surface area contributed by atoms with Gasteiger partial charge in [-0.3, -0.25) is 0 Å². The maximum atomic E-state index is 9.60. The van der Waals surface area contributed by atoms with Crippen molar-refractivity contribution in [2.75, 3.05) is 13.4 Å². The van der Waals surface area contributed by atoms with Crippen LogP contribution < -0.4 is 4.74 Å². The monoisotopic (exact) mass is 246 g/mol. The first-order valence-corrected chi connectivity index (χ1v) is 5.56. The number of methoxy groups -OCH3 is 1. The van der Waals surface area contributed by atoms with Gasteiger partial charge in [-0.2, -0.15) is 0 Å². The number of ether oxygens (including phenoxy) is 1. The van der Waals surface area contributed by atoms with Gasteiger partial charge in [0.05, 0.1) is 16.9 Å². The summed E-state index contributed by atoms with van der Waals surface area (Å²) in [6.45, 7) is 0.